The van der Waals surface area contributed by atoms with Gasteiger partial charge < -0.3 is 39.0 Å². The molecule has 1 fully saturated rings. The predicted molar refractivity (Wildman–Crippen MR) is 322 cm³/mol. The molecule has 12 heteroatoms. The summed E-state index contributed by atoms with van der Waals surface area (Å²) in [7, 11) is 0. The summed E-state index contributed by atoms with van der Waals surface area (Å²) in [6, 6.07) is 0. The van der Waals surface area contributed by atoms with Gasteiger partial charge in [-0.2, -0.15) is 0 Å². The van der Waals surface area contributed by atoms with E-state index in [9.17, 15) is 34.5 Å². The first-order valence-electron chi connectivity index (χ1n) is 31.9. The van der Waals surface area contributed by atoms with Crippen LogP contribution in [0.15, 0.2) is 72.9 Å². The molecule has 0 amide bonds. The average molecular weight is 1110 g/mol. The van der Waals surface area contributed by atoms with Gasteiger partial charge in [-0.05, 0) is 89.9 Å². The van der Waals surface area contributed by atoms with Crippen molar-refractivity contribution in [2.45, 2.75) is 314 Å². The maximum absolute atomic E-state index is 13.1. The minimum Gasteiger partial charge on any atom is -0.479 e. The van der Waals surface area contributed by atoms with E-state index in [1.807, 2.05) is 0 Å². The first-order valence-corrected chi connectivity index (χ1v) is 31.9. The highest BCUT2D eigenvalue weighted by molar-refractivity contribution is 5.74. The smallest absolute Gasteiger partial charge is 0.335 e. The molecule has 0 saturated carbocycles. The average Bonchev–Trinajstić information content (AvgIpc) is 3.48. The first-order chi connectivity index (χ1) is 38.6. The molecule has 1 saturated heterocycles. The zero-order chi connectivity index (χ0) is 57.5. The van der Waals surface area contributed by atoms with Crippen LogP contribution in [0.1, 0.15) is 278 Å². The van der Waals surface area contributed by atoms with Gasteiger partial charge >= 0.3 is 23.9 Å². The summed E-state index contributed by atoms with van der Waals surface area (Å²) < 4.78 is 28.5. The zero-order valence-corrected chi connectivity index (χ0v) is 50.1. The molecule has 79 heavy (non-hydrogen) atoms. The number of allylic oxidation sites excluding steroid dienone is 12. The fourth-order valence-corrected chi connectivity index (χ4v) is 9.39. The van der Waals surface area contributed by atoms with E-state index in [4.69, 9.17) is 23.7 Å². The number of aliphatic carboxylic acids is 1. The van der Waals surface area contributed by atoms with Crippen molar-refractivity contribution in [3.8, 4) is 0 Å². The third-order valence-corrected chi connectivity index (χ3v) is 14.3. The van der Waals surface area contributed by atoms with Gasteiger partial charge in [-0.25, -0.2) is 4.79 Å². The Balaban J connectivity index is 2.64. The van der Waals surface area contributed by atoms with Gasteiger partial charge in [0.25, 0.3) is 0 Å². The van der Waals surface area contributed by atoms with Crippen LogP contribution < -0.4 is 0 Å². The number of unbranched alkanes of at least 4 members (excludes halogenated alkanes) is 28. The number of rotatable bonds is 54. The van der Waals surface area contributed by atoms with Crippen LogP contribution in [0.4, 0.5) is 0 Å². The number of carbonyl (C=O) groups is 4. The number of hydrogen-bond donors (Lipinski definition) is 3. The van der Waals surface area contributed by atoms with E-state index in [0.29, 0.717) is 19.3 Å². The molecule has 0 bridgehead atoms. The topological polar surface area (TPSA) is 175 Å². The molecule has 454 valence electrons. The van der Waals surface area contributed by atoms with E-state index >= 15 is 0 Å². The summed E-state index contributed by atoms with van der Waals surface area (Å²) in [4.78, 5) is 51.2. The Labute approximate surface area is 480 Å². The largest absolute Gasteiger partial charge is 0.479 e. The van der Waals surface area contributed by atoms with Crippen molar-refractivity contribution >= 4 is 23.9 Å². The molecule has 3 N–H and O–H groups in total. The maximum atomic E-state index is 13.1. The molecule has 1 rings (SSSR count). The lowest BCUT2D eigenvalue weighted by atomic mass is 9.98. The summed E-state index contributed by atoms with van der Waals surface area (Å²) >= 11 is 0. The summed E-state index contributed by atoms with van der Waals surface area (Å²) in [6.07, 6.45) is 57.2. The lowest BCUT2D eigenvalue weighted by Gasteiger charge is -2.40. The molecule has 6 atom stereocenters. The summed E-state index contributed by atoms with van der Waals surface area (Å²) in [6.45, 7) is 5.86. The van der Waals surface area contributed by atoms with E-state index < -0.39 is 67.3 Å². The fourth-order valence-electron chi connectivity index (χ4n) is 9.39. The van der Waals surface area contributed by atoms with E-state index in [0.717, 1.165) is 103 Å². The van der Waals surface area contributed by atoms with Gasteiger partial charge in [-0.15, -0.1) is 0 Å². The van der Waals surface area contributed by atoms with E-state index in [-0.39, 0.29) is 25.9 Å². The Morgan fingerprint density at radius 2 is 0.797 bits per heavy atom. The first kappa shape index (κ1) is 73.2. The maximum Gasteiger partial charge on any atom is 0.335 e. The molecule has 12 nitrogen and oxygen atoms in total. The van der Waals surface area contributed by atoms with Gasteiger partial charge in [0.1, 0.15) is 18.8 Å². The summed E-state index contributed by atoms with van der Waals surface area (Å²) in [5.41, 5.74) is 0. The number of aliphatic hydroxyl groups is 2. The minimum absolute atomic E-state index is 0.0549. The zero-order valence-electron chi connectivity index (χ0n) is 50.1. The molecule has 0 aromatic carbocycles. The van der Waals surface area contributed by atoms with Gasteiger partial charge in [-0.3, -0.25) is 14.4 Å². The standard InChI is InChI=1S/C67H114O12/c1-4-7-10-13-16-19-22-24-26-28-30-32-34-36-39-41-44-47-50-53-59(68)75-56-58(77-60(69)54-51-48-45-42-38-21-18-15-12-9-6-3)57-76-67-65(63(72)62(71)64(79-67)66(73)74)78-61(70)55-52-49-46-43-40-37-35-33-31-29-27-25-23-20-17-14-11-8-5-2/h7,10,16,19,24-27,30,32,36,39,58,62-65,67,71-72H,4-6,8-9,11-15,17-18,20-23,28-29,31,33-35,37-38,40-57H2,1-3H3,(H,73,74)/b10-7-,19-16-,26-24-,27-25-,32-30-,39-36-. The van der Waals surface area contributed by atoms with Crippen molar-refractivity contribution in [3.63, 3.8) is 0 Å². The van der Waals surface area contributed by atoms with E-state index in [1.165, 1.54) is 116 Å². The number of carboxylic acids is 1. The Hall–Kier alpha value is -3.84. The van der Waals surface area contributed by atoms with Crippen molar-refractivity contribution in [1.29, 1.82) is 0 Å². The van der Waals surface area contributed by atoms with Crippen molar-refractivity contribution in [2.24, 2.45) is 0 Å². The number of carboxylic acid groups (broad SMARTS) is 1. The third-order valence-electron chi connectivity index (χ3n) is 14.3. The molecule has 0 spiro atoms. The van der Waals surface area contributed by atoms with Gasteiger partial charge in [-0.1, -0.05) is 241 Å². The van der Waals surface area contributed by atoms with Crippen molar-refractivity contribution in [2.75, 3.05) is 13.2 Å². The van der Waals surface area contributed by atoms with Crippen molar-refractivity contribution in [3.05, 3.63) is 72.9 Å². The highest BCUT2D eigenvalue weighted by atomic mass is 16.7. The highest BCUT2D eigenvalue weighted by Crippen LogP contribution is 2.27. The van der Waals surface area contributed by atoms with Crippen LogP contribution in [0.2, 0.25) is 0 Å². The molecule has 0 aromatic heterocycles. The second kappa shape index (κ2) is 54.7. The molecule has 1 aliphatic rings. The molecule has 1 heterocycles. The molecular formula is C67H114O12. The van der Waals surface area contributed by atoms with Gasteiger partial charge in [0, 0.05) is 19.3 Å². The SMILES string of the molecule is CC/C=C\C/C=C\C/C=C\C/C=C\C/C=C\CCCCCC(=O)OCC(COC1OC(C(=O)O)C(O)C(O)C1OC(=O)CCCCCCCCCCC/C=C\CCCCCCCC)OC(=O)CCCCCCCCCCCCC. The van der Waals surface area contributed by atoms with Crippen LogP contribution in [0.25, 0.3) is 0 Å². The second-order valence-corrected chi connectivity index (χ2v) is 21.7. The highest BCUT2D eigenvalue weighted by Gasteiger charge is 2.50. The lowest BCUT2D eigenvalue weighted by Crippen LogP contribution is -2.61. The lowest BCUT2D eigenvalue weighted by molar-refractivity contribution is -0.301. The molecule has 1 aliphatic heterocycles. The van der Waals surface area contributed by atoms with Gasteiger partial charge in [0.2, 0.25) is 0 Å². The molecule has 0 aromatic rings. The minimum atomic E-state index is -1.91. The quantitative estimate of drug-likeness (QED) is 0.0228. The number of ether oxygens (including phenoxy) is 5. The van der Waals surface area contributed by atoms with Crippen LogP contribution in [-0.4, -0.2) is 89.2 Å². The third kappa shape index (κ3) is 44.5. The van der Waals surface area contributed by atoms with Crippen LogP contribution in [0.3, 0.4) is 0 Å². The summed E-state index contributed by atoms with van der Waals surface area (Å²) in [5, 5.41) is 31.6. The number of aliphatic hydroxyl groups excluding tert-OH is 2. The molecule has 0 radical (unpaired) electrons. The number of hydrogen-bond acceptors (Lipinski definition) is 11. The van der Waals surface area contributed by atoms with Crippen molar-refractivity contribution < 1.29 is 58.2 Å². The molecule has 0 aliphatic carbocycles. The van der Waals surface area contributed by atoms with Crippen LogP contribution >= 0.6 is 0 Å². The van der Waals surface area contributed by atoms with Crippen LogP contribution in [0.5, 0.6) is 0 Å². The Morgan fingerprint density at radius 3 is 1.24 bits per heavy atom. The molecular weight excluding hydrogens is 997 g/mol. The van der Waals surface area contributed by atoms with E-state index in [2.05, 4.69) is 93.7 Å². The van der Waals surface area contributed by atoms with Gasteiger partial charge in [0.15, 0.2) is 24.6 Å². The molecule has 6 unspecified atom stereocenters. The van der Waals surface area contributed by atoms with Gasteiger partial charge in [0.05, 0.1) is 6.61 Å². The predicted octanol–water partition coefficient (Wildman–Crippen LogP) is 16.9. The van der Waals surface area contributed by atoms with Crippen LogP contribution in [-0.2, 0) is 42.9 Å². The summed E-state index contributed by atoms with van der Waals surface area (Å²) in [5.74, 6) is -3.15. The number of esters is 3. The second-order valence-electron chi connectivity index (χ2n) is 21.7. The van der Waals surface area contributed by atoms with E-state index in [1.54, 1.807) is 0 Å². The Kier molecular flexibility index (Phi) is 50.7. The monoisotopic (exact) mass is 1110 g/mol. The Bertz CT molecular complexity index is 1650. The van der Waals surface area contributed by atoms with Crippen molar-refractivity contribution in [1.82, 2.24) is 0 Å². The fraction of sp³-hybridized carbons (Fsp3) is 0.761. The number of carbonyl (C=O) groups excluding carboxylic acids is 3. The normalized spacial score (nSPS) is 18.3. The Morgan fingerprint density at radius 1 is 0.430 bits per heavy atom. The van der Waals surface area contributed by atoms with Crippen LogP contribution in [0, 0.1) is 0 Å².